The number of aromatic nitrogens is 4. The van der Waals surface area contributed by atoms with E-state index in [1.807, 2.05) is 16.9 Å². The lowest BCUT2D eigenvalue weighted by atomic mass is 9.86. The number of halogens is 1. The molecular weight excluding hydrogens is 333 g/mol. The van der Waals surface area contributed by atoms with E-state index in [9.17, 15) is 9.18 Å². The van der Waals surface area contributed by atoms with Gasteiger partial charge in [-0.1, -0.05) is 13.3 Å². The number of anilines is 1. The molecule has 0 fully saturated rings. The number of amides is 1. The molecule has 3 heterocycles. The van der Waals surface area contributed by atoms with Gasteiger partial charge in [-0.3, -0.25) is 4.79 Å². The first-order chi connectivity index (χ1) is 12.7. The Morgan fingerprint density at radius 1 is 1.31 bits per heavy atom. The van der Waals surface area contributed by atoms with Crippen LogP contribution in [0, 0.1) is 5.82 Å². The highest BCUT2D eigenvalue weighted by Gasteiger charge is 2.32. The second kappa shape index (κ2) is 6.74. The van der Waals surface area contributed by atoms with Gasteiger partial charge >= 0.3 is 0 Å². The van der Waals surface area contributed by atoms with Gasteiger partial charge in [0, 0.05) is 36.8 Å². The van der Waals surface area contributed by atoms with Crippen LogP contribution >= 0.6 is 0 Å². The van der Waals surface area contributed by atoms with Crippen molar-refractivity contribution >= 4 is 11.7 Å². The van der Waals surface area contributed by atoms with Gasteiger partial charge in [0.25, 0.3) is 0 Å². The first kappa shape index (κ1) is 16.5. The zero-order valence-electron chi connectivity index (χ0n) is 14.5. The van der Waals surface area contributed by atoms with Crippen molar-refractivity contribution in [3.8, 4) is 5.69 Å². The molecule has 0 bridgehead atoms. The molecule has 0 saturated heterocycles. The molecular formula is C19H20FN5O. The fourth-order valence-electron chi connectivity index (χ4n) is 3.45. The summed E-state index contributed by atoms with van der Waals surface area (Å²) in [5.41, 5.74) is 2.42. The second-order valence-electron chi connectivity index (χ2n) is 6.48. The van der Waals surface area contributed by atoms with Crippen molar-refractivity contribution in [2.24, 2.45) is 0 Å². The van der Waals surface area contributed by atoms with E-state index in [1.165, 1.54) is 12.1 Å². The molecule has 0 spiro atoms. The van der Waals surface area contributed by atoms with Crippen LogP contribution in [0.25, 0.3) is 5.69 Å². The maximum absolute atomic E-state index is 14.0. The van der Waals surface area contributed by atoms with Crippen LogP contribution in [0.3, 0.4) is 0 Å². The summed E-state index contributed by atoms with van der Waals surface area (Å²) in [6.07, 6.45) is 7.55. The number of fused-ring (bicyclic) bond motifs is 1. The van der Waals surface area contributed by atoms with Crippen LogP contribution in [-0.2, 0) is 11.3 Å². The minimum absolute atomic E-state index is 0.0866. The quantitative estimate of drug-likeness (QED) is 0.764. The van der Waals surface area contributed by atoms with Gasteiger partial charge in [-0.2, -0.15) is 10.2 Å². The molecule has 1 amide bonds. The number of unbranched alkanes of at least 4 members (excludes halogenated alkanes) is 1. The SMILES string of the molecule is CCCCn1ncc2c1NC(=O)CC2c1cc(F)ccc1-n1cccn1. The highest BCUT2D eigenvalue weighted by Crippen LogP contribution is 2.39. The predicted molar refractivity (Wildman–Crippen MR) is 95.7 cm³/mol. The van der Waals surface area contributed by atoms with Gasteiger partial charge in [-0.15, -0.1) is 0 Å². The molecule has 0 saturated carbocycles. The van der Waals surface area contributed by atoms with Crippen molar-refractivity contribution in [1.29, 1.82) is 0 Å². The molecule has 1 aliphatic rings. The lowest BCUT2D eigenvalue weighted by Crippen LogP contribution is -2.25. The molecule has 134 valence electrons. The van der Waals surface area contributed by atoms with Crippen molar-refractivity contribution in [2.75, 3.05) is 5.32 Å². The van der Waals surface area contributed by atoms with E-state index < -0.39 is 0 Å². The van der Waals surface area contributed by atoms with E-state index in [1.54, 1.807) is 23.1 Å². The Morgan fingerprint density at radius 3 is 2.96 bits per heavy atom. The lowest BCUT2D eigenvalue weighted by molar-refractivity contribution is -0.116. The van der Waals surface area contributed by atoms with Gasteiger partial charge in [0.05, 0.1) is 11.9 Å². The minimum Gasteiger partial charge on any atom is -0.311 e. The van der Waals surface area contributed by atoms with Crippen molar-refractivity contribution < 1.29 is 9.18 Å². The number of nitrogens with zero attached hydrogens (tertiary/aromatic N) is 4. The van der Waals surface area contributed by atoms with Crippen molar-refractivity contribution in [3.05, 3.63) is 59.8 Å². The molecule has 1 aliphatic heterocycles. The van der Waals surface area contributed by atoms with Crippen LogP contribution in [-0.4, -0.2) is 25.5 Å². The van der Waals surface area contributed by atoms with Crippen LogP contribution in [0.15, 0.2) is 42.9 Å². The molecule has 4 rings (SSSR count). The van der Waals surface area contributed by atoms with Crippen LogP contribution in [0.1, 0.15) is 43.2 Å². The average Bonchev–Trinajstić information content (AvgIpc) is 3.29. The van der Waals surface area contributed by atoms with Gasteiger partial charge in [0.1, 0.15) is 11.6 Å². The van der Waals surface area contributed by atoms with Crippen molar-refractivity contribution in [1.82, 2.24) is 19.6 Å². The zero-order chi connectivity index (χ0) is 18.1. The summed E-state index contributed by atoms with van der Waals surface area (Å²) in [5, 5.41) is 11.6. The molecule has 0 radical (unpaired) electrons. The fourth-order valence-corrected chi connectivity index (χ4v) is 3.45. The summed E-state index contributed by atoms with van der Waals surface area (Å²) in [5.74, 6) is 0.0395. The Hall–Kier alpha value is -2.96. The van der Waals surface area contributed by atoms with Crippen LogP contribution in [0.4, 0.5) is 10.2 Å². The van der Waals surface area contributed by atoms with Crippen molar-refractivity contribution in [3.63, 3.8) is 0 Å². The molecule has 26 heavy (non-hydrogen) atoms. The molecule has 7 heteroatoms. The number of aryl methyl sites for hydroxylation is 1. The lowest BCUT2D eigenvalue weighted by Gasteiger charge is -2.25. The maximum atomic E-state index is 14.0. The molecule has 1 aromatic carbocycles. The van der Waals surface area contributed by atoms with E-state index in [0.29, 0.717) is 0 Å². The van der Waals surface area contributed by atoms with E-state index >= 15 is 0 Å². The molecule has 1 unspecified atom stereocenters. The van der Waals surface area contributed by atoms with Crippen molar-refractivity contribution in [2.45, 2.75) is 38.6 Å². The number of rotatable bonds is 5. The average molecular weight is 353 g/mol. The fraction of sp³-hybridized carbons (Fsp3) is 0.316. The summed E-state index contributed by atoms with van der Waals surface area (Å²) in [4.78, 5) is 12.3. The molecule has 1 N–H and O–H groups in total. The summed E-state index contributed by atoms with van der Waals surface area (Å²) in [7, 11) is 0. The monoisotopic (exact) mass is 353 g/mol. The number of hydrogen-bond acceptors (Lipinski definition) is 3. The second-order valence-corrected chi connectivity index (χ2v) is 6.48. The number of nitrogens with one attached hydrogen (secondary N) is 1. The van der Waals surface area contributed by atoms with Gasteiger partial charge in [-0.25, -0.2) is 13.8 Å². The topological polar surface area (TPSA) is 64.7 Å². The summed E-state index contributed by atoms with van der Waals surface area (Å²) < 4.78 is 17.6. The molecule has 0 aliphatic carbocycles. The maximum Gasteiger partial charge on any atom is 0.226 e. The highest BCUT2D eigenvalue weighted by molar-refractivity contribution is 5.94. The molecule has 2 aromatic heterocycles. The molecule has 1 atom stereocenters. The smallest absolute Gasteiger partial charge is 0.226 e. The Morgan fingerprint density at radius 2 is 2.19 bits per heavy atom. The molecule has 6 nitrogen and oxygen atoms in total. The standard InChI is InChI=1S/C19H20FN5O/c1-2-3-8-25-19-16(12-22-25)14(11-18(26)23-19)15-10-13(20)5-6-17(15)24-9-4-7-21-24/h4-7,9-10,12,14H,2-3,8,11H2,1H3,(H,23,26). The summed E-state index contributed by atoms with van der Waals surface area (Å²) in [6.45, 7) is 2.86. The van der Waals surface area contributed by atoms with Gasteiger partial charge in [-0.05, 0) is 36.2 Å². The first-order valence-electron chi connectivity index (χ1n) is 8.82. The number of carbonyl (C=O) groups is 1. The third-order valence-corrected chi connectivity index (χ3v) is 4.73. The van der Waals surface area contributed by atoms with Crippen LogP contribution in [0.5, 0.6) is 0 Å². The van der Waals surface area contributed by atoms with E-state index in [-0.39, 0.29) is 24.1 Å². The normalized spacial score (nSPS) is 16.4. The number of carbonyl (C=O) groups excluding carboxylic acids is 1. The van der Waals surface area contributed by atoms with E-state index in [0.717, 1.165) is 42.0 Å². The van der Waals surface area contributed by atoms with Crippen LogP contribution in [0.2, 0.25) is 0 Å². The van der Waals surface area contributed by atoms with Crippen LogP contribution < -0.4 is 5.32 Å². The van der Waals surface area contributed by atoms with Gasteiger partial charge < -0.3 is 5.32 Å². The molecule has 3 aromatic rings. The zero-order valence-corrected chi connectivity index (χ0v) is 14.5. The highest BCUT2D eigenvalue weighted by atomic mass is 19.1. The third kappa shape index (κ3) is 2.89. The Kier molecular flexibility index (Phi) is 4.28. The van der Waals surface area contributed by atoms with Gasteiger partial charge in [0.2, 0.25) is 5.91 Å². The first-order valence-corrected chi connectivity index (χ1v) is 8.82. The Balaban J connectivity index is 1.81. The third-order valence-electron chi connectivity index (χ3n) is 4.73. The number of benzene rings is 1. The van der Waals surface area contributed by atoms with Gasteiger partial charge in [0.15, 0.2) is 0 Å². The number of hydrogen-bond donors (Lipinski definition) is 1. The van der Waals surface area contributed by atoms with E-state index in [4.69, 9.17) is 0 Å². The Bertz CT molecular complexity index is 932. The summed E-state index contributed by atoms with van der Waals surface area (Å²) in [6, 6.07) is 6.42. The Labute approximate surface area is 150 Å². The summed E-state index contributed by atoms with van der Waals surface area (Å²) >= 11 is 0. The largest absolute Gasteiger partial charge is 0.311 e. The predicted octanol–water partition coefficient (Wildman–Crippen LogP) is 3.48. The van der Waals surface area contributed by atoms with E-state index in [2.05, 4.69) is 22.4 Å². The minimum atomic E-state index is -0.332.